The molecule has 0 bridgehead atoms. The maximum atomic E-state index is 11.7. The molecule has 14 heavy (non-hydrogen) atoms. The van der Waals surface area contributed by atoms with Crippen molar-refractivity contribution in [3.63, 3.8) is 0 Å². The third-order valence-electron chi connectivity index (χ3n) is 1.89. The Hall–Kier alpha value is -1.22. The first-order valence-corrected chi connectivity index (χ1v) is 4.43. The lowest BCUT2D eigenvalue weighted by Gasteiger charge is -2.04. The van der Waals surface area contributed by atoms with E-state index >= 15 is 0 Å². The number of aliphatic hydroxyl groups is 1. The smallest absolute Gasteiger partial charge is 0.268 e. The molecule has 0 heterocycles. The Balaban J connectivity index is 2.38. The van der Waals surface area contributed by atoms with Gasteiger partial charge in [-0.05, 0) is 18.4 Å². The van der Waals surface area contributed by atoms with Crippen LogP contribution < -0.4 is 0 Å². The lowest BCUT2D eigenvalue weighted by molar-refractivity contribution is 0.205. The standard InChI is InChI=1S/C11H12F2O/c12-11(13)8-10(14)7-6-9-4-2-1-3-5-9/h1-5,8,10,14H,6-7H2. The zero-order valence-electron chi connectivity index (χ0n) is 7.66. The van der Waals surface area contributed by atoms with E-state index in [1.807, 2.05) is 30.3 Å². The van der Waals surface area contributed by atoms with Gasteiger partial charge in [-0.2, -0.15) is 8.78 Å². The van der Waals surface area contributed by atoms with Gasteiger partial charge >= 0.3 is 0 Å². The van der Waals surface area contributed by atoms with Crippen LogP contribution in [0.4, 0.5) is 8.78 Å². The molecule has 0 saturated carbocycles. The van der Waals surface area contributed by atoms with Crippen LogP contribution in [0.1, 0.15) is 12.0 Å². The van der Waals surface area contributed by atoms with Crippen molar-refractivity contribution in [2.24, 2.45) is 0 Å². The first-order valence-electron chi connectivity index (χ1n) is 4.43. The van der Waals surface area contributed by atoms with E-state index < -0.39 is 12.2 Å². The van der Waals surface area contributed by atoms with Crippen LogP contribution in [0.3, 0.4) is 0 Å². The van der Waals surface area contributed by atoms with Crippen molar-refractivity contribution >= 4 is 0 Å². The maximum Gasteiger partial charge on any atom is 0.268 e. The van der Waals surface area contributed by atoms with Gasteiger partial charge in [-0.25, -0.2) is 0 Å². The van der Waals surface area contributed by atoms with E-state index in [1.54, 1.807) is 0 Å². The van der Waals surface area contributed by atoms with Gasteiger partial charge in [0, 0.05) is 6.08 Å². The highest BCUT2D eigenvalue weighted by Crippen LogP contribution is 2.08. The fraction of sp³-hybridized carbons (Fsp3) is 0.273. The van der Waals surface area contributed by atoms with Crippen LogP contribution in [-0.4, -0.2) is 11.2 Å². The topological polar surface area (TPSA) is 20.2 Å². The lowest BCUT2D eigenvalue weighted by Crippen LogP contribution is -2.04. The molecule has 0 aliphatic rings. The third-order valence-corrected chi connectivity index (χ3v) is 1.89. The number of rotatable bonds is 4. The molecule has 0 aliphatic carbocycles. The molecule has 1 nitrogen and oxygen atoms in total. The van der Waals surface area contributed by atoms with Gasteiger partial charge in [0.2, 0.25) is 0 Å². The predicted molar refractivity (Wildman–Crippen MR) is 51.1 cm³/mol. The Bertz CT molecular complexity index is 291. The van der Waals surface area contributed by atoms with E-state index in [0.29, 0.717) is 18.9 Å². The zero-order valence-corrected chi connectivity index (χ0v) is 7.66. The van der Waals surface area contributed by atoms with E-state index in [1.165, 1.54) is 0 Å². The Kier molecular flexibility index (Phi) is 4.26. The van der Waals surface area contributed by atoms with Gasteiger partial charge in [0.15, 0.2) is 0 Å². The van der Waals surface area contributed by atoms with Crippen molar-refractivity contribution in [3.05, 3.63) is 48.1 Å². The number of halogens is 2. The summed E-state index contributed by atoms with van der Waals surface area (Å²) in [5, 5.41) is 9.12. The second-order valence-electron chi connectivity index (χ2n) is 3.05. The molecule has 3 heteroatoms. The number of benzene rings is 1. The molecular weight excluding hydrogens is 186 g/mol. The fourth-order valence-electron chi connectivity index (χ4n) is 1.19. The summed E-state index contributed by atoms with van der Waals surface area (Å²) in [6.45, 7) is 0. The highest BCUT2D eigenvalue weighted by Gasteiger charge is 2.02. The molecule has 1 atom stereocenters. The SMILES string of the molecule is OC(C=C(F)F)CCc1ccccc1. The molecule has 1 aromatic carbocycles. The monoisotopic (exact) mass is 198 g/mol. The van der Waals surface area contributed by atoms with Gasteiger partial charge in [-0.15, -0.1) is 0 Å². The summed E-state index contributed by atoms with van der Waals surface area (Å²) in [4.78, 5) is 0. The maximum absolute atomic E-state index is 11.7. The van der Waals surface area contributed by atoms with E-state index in [-0.39, 0.29) is 0 Å². The molecule has 1 unspecified atom stereocenters. The lowest BCUT2D eigenvalue weighted by atomic mass is 10.1. The second-order valence-corrected chi connectivity index (χ2v) is 3.05. The van der Waals surface area contributed by atoms with Crippen LogP contribution in [0.5, 0.6) is 0 Å². The number of aliphatic hydroxyl groups excluding tert-OH is 1. The van der Waals surface area contributed by atoms with Crippen molar-refractivity contribution in [1.29, 1.82) is 0 Å². The molecule has 76 valence electrons. The predicted octanol–water partition coefficient (Wildman–Crippen LogP) is 2.76. The third kappa shape index (κ3) is 4.14. The van der Waals surface area contributed by atoms with Crippen molar-refractivity contribution in [3.8, 4) is 0 Å². The van der Waals surface area contributed by atoms with Gasteiger partial charge in [-0.1, -0.05) is 30.3 Å². The number of aryl methyl sites for hydroxylation is 1. The van der Waals surface area contributed by atoms with E-state index in [4.69, 9.17) is 5.11 Å². The summed E-state index contributed by atoms with van der Waals surface area (Å²) in [5.41, 5.74) is 1.04. The summed E-state index contributed by atoms with van der Waals surface area (Å²) in [7, 11) is 0. The first kappa shape index (κ1) is 10.9. The number of hydrogen-bond acceptors (Lipinski definition) is 1. The second kappa shape index (κ2) is 5.50. The van der Waals surface area contributed by atoms with E-state index in [2.05, 4.69) is 0 Å². The molecule has 1 N–H and O–H groups in total. The molecule has 0 aliphatic heterocycles. The van der Waals surface area contributed by atoms with Gasteiger partial charge < -0.3 is 5.11 Å². The molecular formula is C11H12F2O. The zero-order chi connectivity index (χ0) is 10.4. The van der Waals surface area contributed by atoms with E-state index in [9.17, 15) is 8.78 Å². The van der Waals surface area contributed by atoms with Crippen molar-refractivity contribution in [2.45, 2.75) is 18.9 Å². The van der Waals surface area contributed by atoms with Crippen molar-refractivity contribution in [1.82, 2.24) is 0 Å². The molecule has 0 amide bonds. The Morgan fingerprint density at radius 1 is 1.29 bits per heavy atom. The normalized spacial score (nSPS) is 12.2. The minimum Gasteiger partial charge on any atom is -0.389 e. The minimum absolute atomic E-state index is 0.321. The molecule has 0 aromatic heterocycles. The van der Waals surface area contributed by atoms with Crippen LogP contribution in [0.2, 0.25) is 0 Å². The number of hydrogen-bond donors (Lipinski definition) is 1. The average molecular weight is 198 g/mol. The molecule has 1 rings (SSSR count). The summed E-state index contributed by atoms with van der Waals surface area (Å²) in [5.74, 6) is 0. The molecule has 0 spiro atoms. The molecule has 0 saturated heterocycles. The highest BCUT2D eigenvalue weighted by atomic mass is 19.3. The van der Waals surface area contributed by atoms with Gasteiger partial charge in [0.05, 0.1) is 6.10 Å². The van der Waals surface area contributed by atoms with Crippen LogP contribution in [0, 0.1) is 0 Å². The summed E-state index contributed by atoms with van der Waals surface area (Å²) in [6.07, 6.45) is -1.39. The highest BCUT2D eigenvalue weighted by molar-refractivity contribution is 5.14. The molecule has 0 radical (unpaired) electrons. The summed E-state index contributed by atoms with van der Waals surface area (Å²) in [6, 6.07) is 9.46. The van der Waals surface area contributed by atoms with Crippen LogP contribution in [0.15, 0.2) is 42.5 Å². The Morgan fingerprint density at radius 3 is 2.50 bits per heavy atom. The molecule has 0 fully saturated rings. The summed E-state index contributed by atoms with van der Waals surface area (Å²) < 4.78 is 23.4. The van der Waals surface area contributed by atoms with Crippen LogP contribution in [0.25, 0.3) is 0 Å². The molecule has 1 aromatic rings. The van der Waals surface area contributed by atoms with Crippen LogP contribution >= 0.6 is 0 Å². The minimum atomic E-state index is -1.83. The fourth-order valence-corrected chi connectivity index (χ4v) is 1.19. The summed E-state index contributed by atoms with van der Waals surface area (Å²) >= 11 is 0. The van der Waals surface area contributed by atoms with Gasteiger partial charge in [-0.3, -0.25) is 0 Å². The van der Waals surface area contributed by atoms with Gasteiger partial charge in [0.1, 0.15) is 0 Å². The Labute approximate surface area is 81.7 Å². The van der Waals surface area contributed by atoms with Crippen LogP contribution in [-0.2, 0) is 6.42 Å². The van der Waals surface area contributed by atoms with Gasteiger partial charge in [0.25, 0.3) is 6.08 Å². The Morgan fingerprint density at radius 2 is 1.93 bits per heavy atom. The quantitative estimate of drug-likeness (QED) is 0.788. The largest absolute Gasteiger partial charge is 0.389 e. The first-order chi connectivity index (χ1) is 6.68. The van der Waals surface area contributed by atoms with Crippen molar-refractivity contribution in [2.75, 3.05) is 0 Å². The van der Waals surface area contributed by atoms with Crippen molar-refractivity contribution < 1.29 is 13.9 Å². The van der Waals surface area contributed by atoms with E-state index in [0.717, 1.165) is 5.56 Å². The average Bonchev–Trinajstić information content (AvgIpc) is 2.15.